The number of Topliss-reactive ketones (excluding diaryl/α,β-unsaturated/α-hetero) is 1. The third kappa shape index (κ3) is 3.57. The van der Waals surface area contributed by atoms with Crippen LogP contribution in [-0.2, 0) is 0 Å². The van der Waals surface area contributed by atoms with Gasteiger partial charge in [-0.1, -0.05) is 18.2 Å². The molecule has 0 aliphatic heterocycles. The van der Waals surface area contributed by atoms with E-state index in [-0.39, 0.29) is 24.6 Å². The van der Waals surface area contributed by atoms with Gasteiger partial charge in [0.1, 0.15) is 5.75 Å². The van der Waals surface area contributed by atoms with Crippen LogP contribution in [0.2, 0.25) is 0 Å². The van der Waals surface area contributed by atoms with Gasteiger partial charge in [0, 0.05) is 12.0 Å². The predicted octanol–water partition coefficient (Wildman–Crippen LogP) is 3.49. The number of methoxy groups -OCH3 is 1. The maximum atomic E-state index is 13.5. The molecule has 20 heavy (non-hydrogen) atoms. The molecule has 2 aromatic rings. The molecule has 0 unspecified atom stereocenters. The topological polar surface area (TPSA) is 35.5 Å². The van der Waals surface area contributed by atoms with Gasteiger partial charge in [-0.05, 0) is 30.3 Å². The molecule has 0 aromatic heterocycles. The maximum absolute atomic E-state index is 13.5. The highest BCUT2D eigenvalue weighted by molar-refractivity contribution is 5.96. The van der Waals surface area contributed by atoms with Crippen LogP contribution in [-0.4, -0.2) is 19.5 Å². The molecule has 0 amide bonds. The number of carbonyl (C=O) groups is 1. The van der Waals surface area contributed by atoms with E-state index in [1.165, 1.54) is 19.2 Å². The van der Waals surface area contributed by atoms with Gasteiger partial charge in [-0.2, -0.15) is 0 Å². The van der Waals surface area contributed by atoms with E-state index in [1.807, 2.05) is 30.3 Å². The smallest absolute Gasteiger partial charge is 0.166 e. The molecule has 0 N–H and O–H groups in total. The Morgan fingerprint density at radius 2 is 1.90 bits per heavy atom. The second kappa shape index (κ2) is 6.70. The highest BCUT2D eigenvalue weighted by Crippen LogP contribution is 2.18. The molecule has 0 aliphatic carbocycles. The number of benzene rings is 2. The zero-order chi connectivity index (χ0) is 14.4. The lowest BCUT2D eigenvalue weighted by Crippen LogP contribution is -2.07. The number of carbonyl (C=O) groups excluding carboxylic acids is 1. The van der Waals surface area contributed by atoms with Crippen LogP contribution in [0, 0.1) is 5.82 Å². The van der Waals surface area contributed by atoms with Crippen LogP contribution < -0.4 is 9.47 Å². The Kier molecular flexibility index (Phi) is 4.71. The fourth-order valence-corrected chi connectivity index (χ4v) is 1.76. The molecule has 2 aromatic carbocycles. The summed E-state index contributed by atoms with van der Waals surface area (Å²) in [5.74, 6) is 0.133. The van der Waals surface area contributed by atoms with Crippen molar-refractivity contribution in [3.63, 3.8) is 0 Å². The van der Waals surface area contributed by atoms with Crippen molar-refractivity contribution in [2.45, 2.75) is 6.42 Å². The number of hydrogen-bond donors (Lipinski definition) is 0. The van der Waals surface area contributed by atoms with Crippen molar-refractivity contribution < 1.29 is 18.7 Å². The van der Waals surface area contributed by atoms with E-state index in [0.717, 1.165) is 0 Å². The van der Waals surface area contributed by atoms with E-state index < -0.39 is 5.82 Å². The van der Waals surface area contributed by atoms with Crippen molar-refractivity contribution in [3.8, 4) is 11.5 Å². The van der Waals surface area contributed by atoms with E-state index in [9.17, 15) is 9.18 Å². The van der Waals surface area contributed by atoms with Crippen LogP contribution in [0.15, 0.2) is 48.5 Å². The Balaban J connectivity index is 1.90. The van der Waals surface area contributed by atoms with Crippen LogP contribution in [0.4, 0.5) is 4.39 Å². The van der Waals surface area contributed by atoms with Gasteiger partial charge in [0.15, 0.2) is 17.3 Å². The fourth-order valence-electron chi connectivity index (χ4n) is 1.76. The minimum Gasteiger partial charge on any atom is -0.494 e. The maximum Gasteiger partial charge on any atom is 0.166 e. The molecule has 0 saturated heterocycles. The monoisotopic (exact) mass is 274 g/mol. The highest BCUT2D eigenvalue weighted by atomic mass is 19.1. The molecule has 0 atom stereocenters. The van der Waals surface area contributed by atoms with Crippen molar-refractivity contribution in [2.75, 3.05) is 13.7 Å². The lowest BCUT2D eigenvalue weighted by molar-refractivity contribution is 0.0961. The fraction of sp³-hybridized carbons (Fsp3) is 0.188. The van der Waals surface area contributed by atoms with Gasteiger partial charge in [-0.25, -0.2) is 4.39 Å². The summed E-state index contributed by atoms with van der Waals surface area (Å²) in [7, 11) is 1.38. The lowest BCUT2D eigenvalue weighted by atomic mass is 10.1. The zero-order valence-corrected chi connectivity index (χ0v) is 11.1. The van der Waals surface area contributed by atoms with E-state index in [0.29, 0.717) is 11.3 Å². The Labute approximate surface area is 117 Å². The van der Waals surface area contributed by atoms with Gasteiger partial charge in [0.05, 0.1) is 13.7 Å². The number of ether oxygens (including phenoxy) is 2. The van der Waals surface area contributed by atoms with Gasteiger partial charge < -0.3 is 9.47 Å². The predicted molar refractivity (Wildman–Crippen MR) is 73.8 cm³/mol. The van der Waals surface area contributed by atoms with Gasteiger partial charge in [0.2, 0.25) is 0 Å². The molecule has 104 valence electrons. The molecular weight excluding hydrogens is 259 g/mol. The molecule has 0 fully saturated rings. The molecule has 0 spiro atoms. The average molecular weight is 274 g/mol. The molecule has 0 aliphatic rings. The number of ketones is 1. The number of para-hydroxylation sites is 1. The van der Waals surface area contributed by atoms with E-state index in [2.05, 4.69) is 0 Å². The minimum atomic E-state index is -0.540. The standard InChI is InChI=1S/C16H15FO3/c1-19-16-8-7-12(11-14(16)17)15(18)9-10-20-13-5-3-2-4-6-13/h2-8,11H,9-10H2,1H3. The second-order valence-electron chi connectivity index (χ2n) is 4.18. The third-order valence-electron chi connectivity index (χ3n) is 2.81. The second-order valence-corrected chi connectivity index (χ2v) is 4.18. The first-order chi connectivity index (χ1) is 9.70. The Bertz CT molecular complexity index is 582. The first-order valence-electron chi connectivity index (χ1n) is 6.25. The van der Waals surface area contributed by atoms with Crippen molar-refractivity contribution in [1.82, 2.24) is 0 Å². The first kappa shape index (κ1) is 14.1. The number of hydrogen-bond acceptors (Lipinski definition) is 3. The van der Waals surface area contributed by atoms with Crippen molar-refractivity contribution in [2.24, 2.45) is 0 Å². The zero-order valence-electron chi connectivity index (χ0n) is 11.1. The number of rotatable bonds is 6. The normalized spacial score (nSPS) is 10.1. The summed E-state index contributed by atoms with van der Waals surface area (Å²) in [5, 5.41) is 0. The molecule has 2 rings (SSSR count). The molecular formula is C16H15FO3. The van der Waals surface area contributed by atoms with Crippen molar-refractivity contribution in [3.05, 3.63) is 59.9 Å². The summed E-state index contributed by atoms with van der Waals surface area (Å²) in [5.41, 5.74) is 0.319. The summed E-state index contributed by atoms with van der Waals surface area (Å²) < 4.78 is 23.7. The Morgan fingerprint density at radius 1 is 1.15 bits per heavy atom. The van der Waals surface area contributed by atoms with E-state index in [1.54, 1.807) is 6.07 Å². The number of halogens is 1. The summed E-state index contributed by atoms with van der Waals surface area (Å²) in [6.45, 7) is 0.260. The van der Waals surface area contributed by atoms with Crippen LogP contribution in [0.1, 0.15) is 16.8 Å². The Hall–Kier alpha value is -2.36. The van der Waals surface area contributed by atoms with Crippen LogP contribution in [0.3, 0.4) is 0 Å². The molecule has 0 radical (unpaired) electrons. The third-order valence-corrected chi connectivity index (χ3v) is 2.81. The van der Waals surface area contributed by atoms with Crippen LogP contribution >= 0.6 is 0 Å². The van der Waals surface area contributed by atoms with E-state index in [4.69, 9.17) is 9.47 Å². The molecule has 0 heterocycles. The van der Waals surface area contributed by atoms with Crippen LogP contribution in [0.25, 0.3) is 0 Å². The van der Waals surface area contributed by atoms with Gasteiger partial charge in [0.25, 0.3) is 0 Å². The first-order valence-corrected chi connectivity index (χ1v) is 6.25. The molecule has 0 saturated carbocycles. The average Bonchev–Trinajstić information content (AvgIpc) is 2.48. The minimum absolute atomic E-state index is 0.127. The van der Waals surface area contributed by atoms with Crippen molar-refractivity contribution >= 4 is 5.78 Å². The molecule has 4 heteroatoms. The SMILES string of the molecule is COc1ccc(C(=O)CCOc2ccccc2)cc1F. The highest BCUT2D eigenvalue weighted by Gasteiger charge is 2.10. The van der Waals surface area contributed by atoms with Gasteiger partial charge >= 0.3 is 0 Å². The van der Waals surface area contributed by atoms with Gasteiger partial charge in [-0.3, -0.25) is 4.79 Å². The summed E-state index contributed by atoms with van der Waals surface area (Å²) >= 11 is 0. The summed E-state index contributed by atoms with van der Waals surface area (Å²) in [6, 6.07) is 13.4. The Morgan fingerprint density at radius 3 is 2.55 bits per heavy atom. The van der Waals surface area contributed by atoms with Crippen LogP contribution in [0.5, 0.6) is 11.5 Å². The largest absolute Gasteiger partial charge is 0.494 e. The molecule has 0 bridgehead atoms. The van der Waals surface area contributed by atoms with Gasteiger partial charge in [-0.15, -0.1) is 0 Å². The lowest BCUT2D eigenvalue weighted by Gasteiger charge is -2.06. The molecule has 3 nitrogen and oxygen atoms in total. The van der Waals surface area contributed by atoms with E-state index >= 15 is 0 Å². The quantitative estimate of drug-likeness (QED) is 0.756. The summed E-state index contributed by atoms with van der Waals surface area (Å²) in [6.07, 6.45) is 0.195. The van der Waals surface area contributed by atoms with Crippen molar-refractivity contribution in [1.29, 1.82) is 0 Å². The summed E-state index contributed by atoms with van der Waals surface area (Å²) in [4.78, 5) is 11.9.